The van der Waals surface area contributed by atoms with Crippen LogP contribution in [0, 0.1) is 0 Å². The summed E-state index contributed by atoms with van der Waals surface area (Å²) in [6.45, 7) is 4.50. The van der Waals surface area contributed by atoms with Gasteiger partial charge in [-0.15, -0.1) is 0 Å². The van der Waals surface area contributed by atoms with Gasteiger partial charge in [-0.25, -0.2) is 0 Å². The molecule has 0 spiro atoms. The van der Waals surface area contributed by atoms with E-state index in [-0.39, 0.29) is 11.7 Å². The molecule has 1 saturated heterocycles. The molecule has 2 aliphatic heterocycles. The van der Waals surface area contributed by atoms with Crippen LogP contribution >= 0.6 is 12.2 Å². The number of likely N-dealkylation sites (N-methyl/N-ethyl adjacent to an activating group) is 1. The third kappa shape index (κ3) is 5.47. The van der Waals surface area contributed by atoms with Crippen molar-refractivity contribution in [1.82, 2.24) is 20.1 Å². The van der Waals surface area contributed by atoms with Gasteiger partial charge in [0.15, 0.2) is 16.6 Å². The number of nitrogens with one attached hydrogen (secondary N) is 2. The molecule has 3 heterocycles. The lowest BCUT2D eigenvalue weighted by Crippen LogP contribution is -2.45. The average molecular weight is 447 g/mol. The zero-order valence-electron chi connectivity index (χ0n) is 18.1. The van der Waals surface area contributed by atoms with Crippen LogP contribution in [0.4, 0.5) is 0 Å². The Hall–Kier alpha value is -2.36. The Morgan fingerprint density at radius 2 is 1.94 bits per heavy atom. The molecule has 4 rings (SSSR count). The molecule has 1 aromatic carbocycles. The van der Waals surface area contributed by atoms with Crippen molar-refractivity contribution in [2.24, 2.45) is 0 Å². The van der Waals surface area contributed by atoms with E-state index in [2.05, 4.69) is 15.2 Å². The Morgan fingerprint density at radius 1 is 1.16 bits per heavy atom. The smallest absolute Gasteiger partial charge is 0.253 e. The number of nitrogens with zero attached hydrogens (tertiary/aromatic N) is 2. The monoisotopic (exact) mass is 446 g/mol. The van der Waals surface area contributed by atoms with Gasteiger partial charge in [0.1, 0.15) is 13.2 Å². The summed E-state index contributed by atoms with van der Waals surface area (Å²) in [7, 11) is 4.05. The molecule has 1 fully saturated rings. The first-order chi connectivity index (χ1) is 15.0. The largest absolute Gasteiger partial charge is 0.486 e. The molecular weight excluding hydrogens is 416 g/mol. The number of pyridine rings is 1. The molecule has 0 unspecified atom stereocenters. The summed E-state index contributed by atoms with van der Waals surface area (Å²) in [5.74, 6) is 1.37. The second kappa shape index (κ2) is 9.84. The van der Waals surface area contributed by atoms with E-state index in [9.17, 15) is 4.79 Å². The molecule has 8 nitrogen and oxygen atoms in total. The molecule has 168 valence electrons. The lowest BCUT2D eigenvalue weighted by atomic mass is 10.1. The van der Waals surface area contributed by atoms with Crippen molar-refractivity contribution in [2.45, 2.75) is 25.5 Å². The van der Waals surface area contributed by atoms with Crippen molar-refractivity contribution in [2.75, 3.05) is 53.6 Å². The van der Waals surface area contributed by atoms with Gasteiger partial charge in [0.05, 0.1) is 18.2 Å². The third-order valence-electron chi connectivity index (χ3n) is 5.55. The van der Waals surface area contributed by atoms with Crippen molar-refractivity contribution < 1.29 is 14.2 Å². The second-order valence-corrected chi connectivity index (χ2v) is 8.64. The van der Waals surface area contributed by atoms with Crippen LogP contribution in [0.5, 0.6) is 11.5 Å². The van der Waals surface area contributed by atoms with Gasteiger partial charge in [0.25, 0.3) is 5.56 Å². The Labute approximate surface area is 187 Å². The highest BCUT2D eigenvalue weighted by atomic mass is 32.1. The predicted molar refractivity (Wildman–Crippen MR) is 124 cm³/mol. The van der Waals surface area contributed by atoms with Crippen LogP contribution in [0.15, 0.2) is 23.0 Å². The van der Waals surface area contributed by atoms with Gasteiger partial charge in [-0.1, -0.05) is 0 Å². The first-order valence-corrected chi connectivity index (χ1v) is 11.1. The number of thiocarbonyl (C=S) groups is 1. The maximum absolute atomic E-state index is 12.8. The van der Waals surface area contributed by atoms with Crippen LogP contribution in [-0.2, 0) is 11.3 Å². The van der Waals surface area contributed by atoms with Crippen LogP contribution in [0.25, 0.3) is 10.9 Å². The van der Waals surface area contributed by atoms with Gasteiger partial charge in [0.2, 0.25) is 0 Å². The van der Waals surface area contributed by atoms with E-state index in [0.717, 1.165) is 36.9 Å². The van der Waals surface area contributed by atoms with Gasteiger partial charge in [-0.2, -0.15) is 0 Å². The van der Waals surface area contributed by atoms with E-state index in [0.29, 0.717) is 55.0 Å². The molecule has 0 aliphatic carbocycles. The fourth-order valence-electron chi connectivity index (χ4n) is 3.80. The summed E-state index contributed by atoms with van der Waals surface area (Å²) >= 11 is 5.67. The first-order valence-electron chi connectivity index (χ1n) is 10.7. The van der Waals surface area contributed by atoms with Crippen LogP contribution < -0.4 is 20.3 Å². The number of fused-ring (bicyclic) bond motifs is 2. The molecule has 0 saturated carbocycles. The topological polar surface area (TPSA) is 79.1 Å². The van der Waals surface area contributed by atoms with Gasteiger partial charge >= 0.3 is 0 Å². The van der Waals surface area contributed by atoms with Gasteiger partial charge in [-0.05, 0) is 51.3 Å². The minimum Gasteiger partial charge on any atom is -0.486 e. The molecule has 9 heteroatoms. The molecular formula is C22H30N4O4S. The highest BCUT2D eigenvalue weighted by molar-refractivity contribution is 7.80. The number of ether oxygens (including phenoxy) is 3. The maximum Gasteiger partial charge on any atom is 0.253 e. The molecule has 0 radical (unpaired) electrons. The summed E-state index contributed by atoms with van der Waals surface area (Å²) in [4.78, 5) is 19.9. The van der Waals surface area contributed by atoms with Crippen molar-refractivity contribution in [3.05, 3.63) is 34.1 Å². The third-order valence-corrected chi connectivity index (χ3v) is 5.96. The van der Waals surface area contributed by atoms with Gasteiger partial charge < -0.3 is 34.3 Å². The Balaban J connectivity index is 1.53. The van der Waals surface area contributed by atoms with Crippen LogP contribution in [0.3, 0.4) is 0 Å². The minimum absolute atomic E-state index is 0.124. The predicted octanol–water partition coefficient (Wildman–Crippen LogP) is 1.72. The molecule has 0 amide bonds. The Kier molecular flexibility index (Phi) is 6.94. The van der Waals surface area contributed by atoms with Crippen molar-refractivity contribution in [3.8, 4) is 11.5 Å². The van der Waals surface area contributed by atoms with E-state index in [1.807, 2.05) is 37.2 Å². The van der Waals surface area contributed by atoms with Crippen molar-refractivity contribution in [1.29, 1.82) is 0 Å². The zero-order valence-corrected chi connectivity index (χ0v) is 18.9. The standard InChI is InChI=1S/C22H30N4O4S/c1-25(2)5-6-26(22(31)23-13-17-4-3-7-28-17)14-16-10-15-11-19-20(30-9-8-29-19)12-18(15)24-21(16)27/h10-12,17H,3-9,13-14H2,1-2H3,(H,23,31)(H,24,27)/t17-/m1/s1. The van der Waals surface area contributed by atoms with Crippen LogP contribution in [-0.4, -0.2) is 79.6 Å². The number of aromatic nitrogens is 1. The highest BCUT2D eigenvalue weighted by Crippen LogP contribution is 2.33. The van der Waals surface area contributed by atoms with Gasteiger partial charge in [0, 0.05) is 43.3 Å². The fourth-order valence-corrected chi connectivity index (χ4v) is 4.04. The van der Waals surface area contributed by atoms with E-state index in [1.54, 1.807) is 0 Å². The molecule has 0 bridgehead atoms. The highest BCUT2D eigenvalue weighted by Gasteiger charge is 2.19. The lowest BCUT2D eigenvalue weighted by Gasteiger charge is -2.28. The summed E-state index contributed by atoms with van der Waals surface area (Å²) in [6.07, 6.45) is 2.34. The molecule has 31 heavy (non-hydrogen) atoms. The quantitative estimate of drug-likeness (QED) is 0.623. The van der Waals surface area contributed by atoms with Crippen molar-refractivity contribution in [3.63, 3.8) is 0 Å². The number of aromatic amines is 1. The zero-order chi connectivity index (χ0) is 21.8. The number of hydrogen-bond acceptors (Lipinski definition) is 6. The summed E-state index contributed by atoms with van der Waals surface area (Å²) in [5.41, 5.74) is 1.27. The first kappa shape index (κ1) is 21.9. The van der Waals surface area contributed by atoms with E-state index >= 15 is 0 Å². The average Bonchev–Trinajstić information content (AvgIpc) is 3.27. The SMILES string of the molecule is CN(C)CCN(Cc1cc2cc3c(cc2[nH]c1=O)OCCO3)C(=S)NC[C@H]1CCCO1. The molecule has 2 N–H and O–H groups in total. The fraction of sp³-hybridized carbons (Fsp3) is 0.545. The minimum atomic E-state index is -0.124. The van der Waals surface area contributed by atoms with E-state index < -0.39 is 0 Å². The molecule has 2 aromatic rings. The van der Waals surface area contributed by atoms with E-state index in [4.69, 9.17) is 26.4 Å². The van der Waals surface area contributed by atoms with Crippen molar-refractivity contribution >= 4 is 28.2 Å². The maximum atomic E-state index is 12.8. The number of benzene rings is 1. The molecule has 2 aliphatic rings. The molecule has 1 atom stereocenters. The van der Waals surface area contributed by atoms with Crippen LogP contribution in [0.1, 0.15) is 18.4 Å². The Morgan fingerprint density at radius 3 is 2.65 bits per heavy atom. The van der Waals surface area contributed by atoms with Crippen LogP contribution in [0.2, 0.25) is 0 Å². The number of H-pyrrole nitrogens is 1. The van der Waals surface area contributed by atoms with E-state index in [1.165, 1.54) is 0 Å². The summed E-state index contributed by atoms with van der Waals surface area (Å²) < 4.78 is 17.0. The number of rotatable bonds is 7. The lowest BCUT2D eigenvalue weighted by molar-refractivity contribution is 0.113. The second-order valence-electron chi connectivity index (χ2n) is 8.25. The van der Waals surface area contributed by atoms with Gasteiger partial charge in [-0.3, -0.25) is 4.79 Å². The molecule has 1 aromatic heterocycles. The summed E-state index contributed by atoms with van der Waals surface area (Å²) in [5, 5.41) is 4.88. The Bertz CT molecular complexity index is 987. The number of hydrogen-bond donors (Lipinski definition) is 2. The summed E-state index contributed by atoms with van der Waals surface area (Å²) in [6, 6.07) is 5.66. The normalized spacial score (nSPS) is 17.8.